The van der Waals surface area contributed by atoms with Crippen LogP contribution >= 0.6 is 11.3 Å². The molecule has 0 aliphatic carbocycles. The number of amides is 2. The number of carbonyl (C=O) groups excluding carboxylic acids is 1. The maximum atomic E-state index is 12.2. The number of carbonyl (C=O) groups is 1. The highest BCUT2D eigenvalue weighted by molar-refractivity contribution is 7.15. The highest BCUT2D eigenvalue weighted by Crippen LogP contribution is 2.25. The third-order valence-electron chi connectivity index (χ3n) is 3.86. The fourth-order valence-electron chi connectivity index (χ4n) is 2.66. The van der Waals surface area contributed by atoms with Crippen LogP contribution in [-0.4, -0.2) is 21.8 Å². The summed E-state index contributed by atoms with van der Waals surface area (Å²) in [6, 6.07) is 11.5. The lowest BCUT2D eigenvalue weighted by atomic mass is 10.1. The molecule has 0 atom stereocenters. The molecule has 0 bridgehead atoms. The van der Waals surface area contributed by atoms with Crippen LogP contribution in [0.15, 0.2) is 66.3 Å². The summed E-state index contributed by atoms with van der Waals surface area (Å²) in [6.45, 7) is 0. The first-order valence-electron chi connectivity index (χ1n) is 8.32. The van der Waals surface area contributed by atoms with Crippen molar-refractivity contribution in [1.82, 2.24) is 9.38 Å². The van der Waals surface area contributed by atoms with Crippen molar-refractivity contribution >= 4 is 33.7 Å². The molecule has 0 unspecified atom stereocenters. The van der Waals surface area contributed by atoms with E-state index in [1.165, 1.54) is 23.5 Å². The zero-order valence-electron chi connectivity index (χ0n) is 14.6. The Balaban J connectivity index is 1.41. The molecule has 148 valence electrons. The molecule has 6 nitrogen and oxygen atoms in total. The van der Waals surface area contributed by atoms with Crippen molar-refractivity contribution < 1.29 is 22.7 Å². The van der Waals surface area contributed by atoms with Gasteiger partial charge in [-0.3, -0.25) is 4.40 Å². The highest BCUT2D eigenvalue weighted by Gasteiger charge is 2.30. The van der Waals surface area contributed by atoms with Crippen molar-refractivity contribution in [2.24, 2.45) is 0 Å². The van der Waals surface area contributed by atoms with Gasteiger partial charge in [-0.2, -0.15) is 0 Å². The Labute approximate surface area is 166 Å². The number of thiazole rings is 1. The first-order valence-corrected chi connectivity index (χ1v) is 9.20. The molecule has 2 heterocycles. The molecule has 0 fully saturated rings. The molecule has 10 heteroatoms. The molecule has 29 heavy (non-hydrogen) atoms. The van der Waals surface area contributed by atoms with Crippen LogP contribution in [-0.2, 0) is 0 Å². The number of nitrogens with zero attached hydrogens (tertiary/aromatic N) is 2. The van der Waals surface area contributed by atoms with Gasteiger partial charge in [0.25, 0.3) is 0 Å². The van der Waals surface area contributed by atoms with Gasteiger partial charge in [0, 0.05) is 34.7 Å². The Morgan fingerprint density at radius 3 is 2.55 bits per heavy atom. The summed E-state index contributed by atoms with van der Waals surface area (Å²) in [5.74, 6) is -0.365. The molecule has 4 aromatic rings. The standard InChI is InChI=1S/C19H13F3N4O2S/c20-19(21,22)28-15-6-4-13(5-7-15)23-17(27)24-14-3-1-2-12(10-14)16-11-26-8-9-29-18(26)25-16/h1-11H,(H2,23,24,27). The summed E-state index contributed by atoms with van der Waals surface area (Å²) in [4.78, 5) is 17.6. The van der Waals surface area contributed by atoms with Crippen LogP contribution in [0.3, 0.4) is 0 Å². The van der Waals surface area contributed by atoms with Crippen LogP contribution < -0.4 is 15.4 Å². The largest absolute Gasteiger partial charge is 0.573 e. The molecule has 0 aliphatic heterocycles. The van der Waals surface area contributed by atoms with Crippen molar-refractivity contribution in [3.8, 4) is 17.0 Å². The molecule has 4 rings (SSSR count). The number of nitrogens with one attached hydrogen (secondary N) is 2. The second-order valence-corrected chi connectivity index (χ2v) is 6.82. The van der Waals surface area contributed by atoms with Gasteiger partial charge in [-0.25, -0.2) is 9.78 Å². The summed E-state index contributed by atoms with van der Waals surface area (Å²) in [5.41, 5.74) is 2.49. The van der Waals surface area contributed by atoms with Crippen molar-refractivity contribution in [1.29, 1.82) is 0 Å². The average molecular weight is 418 g/mol. The SMILES string of the molecule is O=C(Nc1ccc(OC(F)(F)F)cc1)Nc1cccc(-c2cn3ccsc3n2)c1. The quantitative estimate of drug-likeness (QED) is 0.453. The second kappa shape index (κ2) is 7.47. The Morgan fingerprint density at radius 1 is 1.07 bits per heavy atom. The average Bonchev–Trinajstić information content (AvgIpc) is 3.24. The van der Waals surface area contributed by atoms with E-state index in [9.17, 15) is 18.0 Å². The van der Waals surface area contributed by atoms with Gasteiger partial charge < -0.3 is 15.4 Å². The molecule has 0 spiro atoms. The molecule has 0 radical (unpaired) electrons. The predicted octanol–water partition coefficient (Wildman–Crippen LogP) is 5.61. The number of alkyl halides is 3. The van der Waals surface area contributed by atoms with Gasteiger partial charge in [0.05, 0.1) is 5.69 Å². The number of rotatable bonds is 4. The smallest absolute Gasteiger partial charge is 0.406 e. The molecule has 0 saturated carbocycles. The van der Waals surface area contributed by atoms with Crippen molar-refractivity contribution in [3.63, 3.8) is 0 Å². The van der Waals surface area contributed by atoms with Crippen molar-refractivity contribution in [2.45, 2.75) is 6.36 Å². The highest BCUT2D eigenvalue weighted by atomic mass is 32.1. The number of ether oxygens (including phenoxy) is 1. The van der Waals surface area contributed by atoms with Crippen LogP contribution in [0.25, 0.3) is 16.2 Å². The topological polar surface area (TPSA) is 67.7 Å². The lowest BCUT2D eigenvalue weighted by Gasteiger charge is -2.11. The van der Waals surface area contributed by atoms with Crippen LogP contribution in [0.4, 0.5) is 29.3 Å². The van der Waals surface area contributed by atoms with Gasteiger partial charge in [-0.05, 0) is 36.4 Å². The van der Waals surface area contributed by atoms with E-state index in [1.807, 2.05) is 28.2 Å². The van der Waals surface area contributed by atoms with E-state index in [4.69, 9.17) is 0 Å². The summed E-state index contributed by atoms with van der Waals surface area (Å²) < 4.78 is 42.3. The summed E-state index contributed by atoms with van der Waals surface area (Å²) in [7, 11) is 0. The fraction of sp³-hybridized carbons (Fsp3) is 0.0526. The van der Waals surface area contributed by atoms with E-state index < -0.39 is 12.4 Å². The van der Waals surface area contributed by atoms with E-state index >= 15 is 0 Å². The zero-order chi connectivity index (χ0) is 20.4. The Hall–Kier alpha value is -3.53. The zero-order valence-corrected chi connectivity index (χ0v) is 15.4. The number of halogens is 3. The van der Waals surface area contributed by atoms with Crippen LogP contribution in [0, 0.1) is 0 Å². The summed E-state index contributed by atoms with van der Waals surface area (Å²) in [6.07, 6.45) is -0.950. The lowest BCUT2D eigenvalue weighted by Crippen LogP contribution is -2.19. The Kier molecular flexibility index (Phi) is 4.85. The number of hydrogen-bond acceptors (Lipinski definition) is 4. The molecule has 2 aromatic heterocycles. The molecular formula is C19H13F3N4O2S. The third-order valence-corrected chi connectivity index (χ3v) is 4.63. The van der Waals surface area contributed by atoms with E-state index in [2.05, 4.69) is 20.4 Å². The monoisotopic (exact) mass is 418 g/mol. The molecule has 2 amide bonds. The molecule has 0 saturated heterocycles. The third kappa shape index (κ3) is 4.66. The molecule has 0 aliphatic rings. The number of hydrogen-bond donors (Lipinski definition) is 2. The maximum Gasteiger partial charge on any atom is 0.573 e. The maximum absolute atomic E-state index is 12.2. The van der Waals surface area contributed by atoms with Crippen LogP contribution in [0.5, 0.6) is 5.75 Å². The minimum Gasteiger partial charge on any atom is -0.406 e. The van der Waals surface area contributed by atoms with E-state index in [0.717, 1.165) is 28.4 Å². The summed E-state index contributed by atoms with van der Waals surface area (Å²) in [5, 5.41) is 7.18. The van der Waals surface area contributed by atoms with Gasteiger partial charge in [-0.1, -0.05) is 12.1 Å². The molecular weight excluding hydrogens is 405 g/mol. The van der Waals surface area contributed by atoms with Crippen molar-refractivity contribution in [3.05, 3.63) is 66.3 Å². The number of imidazole rings is 1. The first kappa shape index (κ1) is 18.8. The molecule has 2 N–H and O–H groups in total. The predicted molar refractivity (Wildman–Crippen MR) is 104 cm³/mol. The number of urea groups is 1. The van der Waals surface area contributed by atoms with E-state index in [1.54, 1.807) is 18.2 Å². The second-order valence-electron chi connectivity index (χ2n) is 5.95. The van der Waals surface area contributed by atoms with Gasteiger partial charge in [-0.15, -0.1) is 24.5 Å². The van der Waals surface area contributed by atoms with Crippen molar-refractivity contribution in [2.75, 3.05) is 10.6 Å². The Bertz CT molecular complexity index is 1120. The van der Waals surface area contributed by atoms with Gasteiger partial charge in [0.1, 0.15) is 5.75 Å². The van der Waals surface area contributed by atoms with Crippen LogP contribution in [0.2, 0.25) is 0 Å². The minimum atomic E-state index is -4.76. The number of aromatic nitrogens is 2. The van der Waals surface area contributed by atoms with E-state index in [-0.39, 0.29) is 5.75 Å². The Morgan fingerprint density at radius 2 is 1.83 bits per heavy atom. The minimum absolute atomic E-state index is 0.322. The first-order chi connectivity index (χ1) is 13.9. The number of fused-ring (bicyclic) bond motifs is 1. The van der Waals surface area contributed by atoms with Gasteiger partial charge in [0.2, 0.25) is 0 Å². The van der Waals surface area contributed by atoms with Crippen LogP contribution in [0.1, 0.15) is 0 Å². The fourth-order valence-corrected chi connectivity index (χ4v) is 3.36. The number of benzene rings is 2. The summed E-state index contributed by atoms with van der Waals surface area (Å²) >= 11 is 1.52. The van der Waals surface area contributed by atoms with Gasteiger partial charge >= 0.3 is 12.4 Å². The molecule has 2 aromatic carbocycles. The number of anilines is 2. The van der Waals surface area contributed by atoms with Gasteiger partial charge in [0.15, 0.2) is 4.96 Å². The normalized spacial score (nSPS) is 11.4. The van der Waals surface area contributed by atoms with E-state index in [0.29, 0.717) is 11.4 Å². The lowest BCUT2D eigenvalue weighted by molar-refractivity contribution is -0.274.